The molecule has 3 N–H and O–H groups in total. The van der Waals surface area contributed by atoms with Gasteiger partial charge >= 0.3 is 0 Å². The number of fused-ring (bicyclic) bond motifs is 3. The molecule has 6 heteroatoms. The SMILES string of the molecule is Cc1nc2ncn3c(c-2c1Cc1ccccc1)NC=C(O)N3. The summed E-state index contributed by atoms with van der Waals surface area (Å²) in [5.74, 6) is 1.58. The second kappa shape index (κ2) is 4.77. The van der Waals surface area contributed by atoms with Crippen LogP contribution in [0.1, 0.15) is 16.8 Å². The van der Waals surface area contributed by atoms with Crippen molar-refractivity contribution in [3.63, 3.8) is 0 Å². The number of hydrogen-bond donors (Lipinski definition) is 3. The standard InChI is InChI=1S/C16H15N5O/c1-10-12(7-11-5-3-2-4-6-11)14-15(19-10)18-9-21-16(14)17-8-13(22)20-21/h2-6,8-9,17,20,22H,7H2,1H3. The van der Waals surface area contributed by atoms with E-state index in [2.05, 4.69) is 32.8 Å². The highest BCUT2D eigenvalue weighted by Crippen LogP contribution is 2.35. The van der Waals surface area contributed by atoms with Crippen molar-refractivity contribution in [2.45, 2.75) is 13.3 Å². The van der Waals surface area contributed by atoms with Crippen LogP contribution in [-0.4, -0.2) is 19.8 Å². The van der Waals surface area contributed by atoms with E-state index in [1.165, 1.54) is 11.8 Å². The number of aliphatic hydroxyl groups is 1. The van der Waals surface area contributed by atoms with E-state index < -0.39 is 0 Å². The maximum atomic E-state index is 9.56. The molecule has 0 amide bonds. The maximum Gasteiger partial charge on any atom is 0.220 e. The molecule has 0 unspecified atom stereocenters. The smallest absolute Gasteiger partial charge is 0.220 e. The molecule has 0 fully saturated rings. The summed E-state index contributed by atoms with van der Waals surface area (Å²) in [5, 5.41) is 12.7. The summed E-state index contributed by atoms with van der Waals surface area (Å²) in [5.41, 5.74) is 7.15. The van der Waals surface area contributed by atoms with Crippen LogP contribution in [0.25, 0.3) is 11.4 Å². The molecule has 0 saturated carbocycles. The van der Waals surface area contributed by atoms with Crippen LogP contribution in [0.15, 0.2) is 48.7 Å². The highest BCUT2D eigenvalue weighted by molar-refractivity contribution is 5.78. The molecule has 110 valence electrons. The van der Waals surface area contributed by atoms with Gasteiger partial charge in [0.2, 0.25) is 5.88 Å². The van der Waals surface area contributed by atoms with Gasteiger partial charge in [-0.25, -0.2) is 14.6 Å². The fourth-order valence-electron chi connectivity index (χ4n) is 2.77. The Hall–Kier alpha value is -3.02. The quantitative estimate of drug-likeness (QED) is 0.677. The van der Waals surface area contributed by atoms with Gasteiger partial charge in [0, 0.05) is 12.1 Å². The van der Waals surface area contributed by atoms with Crippen molar-refractivity contribution in [1.82, 2.24) is 14.6 Å². The molecule has 3 heterocycles. The van der Waals surface area contributed by atoms with Crippen LogP contribution in [0.3, 0.4) is 0 Å². The third kappa shape index (κ3) is 1.96. The number of aromatic nitrogens is 3. The third-order valence-electron chi connectivity index (χ3n) is 3.81. The predicted molar refractivity (Wildman–Crippen MR) is 84.3 cm³/mol. The number of nitrogens with zero attached hydrogens (tertiary/aromatic N) is 3. The van der Waals surface area contributed by atoms with E-state index >= 15 is 0 Å². The Morgan fingerprint density at radius 3 is 2.86 bits per heavy atom. The summed E-state index contributed by atoms with van der Waals surface area (Å²) in [6, 6.07) is 10.3. The van der Waals surface area contributed by atoms with Crippen molar-refractivity contribution in [2.24, 2.45) is 0 Å². The van der Waals surface area contributed by atoms with Gasteiger partial charge in [0.1, 0.15) is 12.1 Å². The molecule has 6 nitrogen and oxygen atoms in total. The molecule has 1 aromatic rings. The molecular weight excluding hydrogens is 278 g/mol. The molecule has 0 saturated heterocycles. The van der Waals surface area contributed by atoms with Gasteiger partial charge in [0.25, 0.3) is 0 Å². The van der Waals surface area contributed by atoms with Crippen molar-refractivity contribution in [3.05, 3.63) is 65.6 Å². The summed E-state index contributed by atoms with van der Waals surface area (Å²) in [6.45, 7) is 2.00. The molecule has 0 aromatic heterocycles. The Morgan fingerprint density at radius 1 is 1.23 bits per heavy atom. The van der Waals surface area contributed by atoms with E-state index in [0.29, 0.717) is 5.82 Å². The first-order valence-corrected chi connectivity index (χ1v) is 7.05. The van der Waals surface area contributed by atoms with Crippen LogP contribution in [-0.2, 0) is 6.42 Å². The van der Waals surface area contributed by atoms with Crippen molar-refractivity contribution in [1.29, 1.82) is 0 Å². The van der Waals surface area contributed by atoms with Gasteiger partial charge in [-0.3, -0.25) is 5.43 Å². The lowest BCUT2D eigenvalue weighted by Gasteiger charge is -2.22. The summed E-state index contributed by atoms with van der Waals surface area (Å²) in [7, 11) is 0. The molecule has 0 spiro atoms. The van der Waals surface area contributed by atoms with Crippen molar-refractivity contribution in [3.8, 4) is 11.4 Å². The molecule has 3 aliphatic heterocycles. The van der Waals surface area contributed by atoms with Crippen LogP contribution in [0.5, 0.6) is 0 Å². The van der Waals surface area contributed by atoms with Crippen LogP contribution < -0.4 is 10.7 Å². The molecule has 0 radical (unpaired) electrons. The van der Waals surface area contributed by atoms with Crippen LogP contribution in [0, 0.1) is 6.92 Å². The average molecular weight is 293 g/mol. The number of nitrogens with one attached hydrogen (secondary N) is 2. The van der Waals surface area contributed by atoms with Crippen molar-refractivity contribution >= 4 is 5.82 Å². The Kier molecular flexibility index (Phi) is 2.75. The molecule has 22 heavy (non-hydrogen) atoms. The summed E-state index contributed by atoms with van der Waals surface area (Å²) in [4.78, 5) is 8.92. The van der Waals surface area contributed by atoms with Crippen LogP contribution in [0.2, 0.25) is 0 Å². The topological polar surface area (TPSA) is 75.0 Å². The molecule has 0 bridgehead atoms. The van der Waals surface area contributed by atoms with Gasteiger partial charge in [-0.05, 0) is 18.1 Å². The summed E-state index contributed by atoms with van der Waals surface area (Å²) >= 11 is 0. The molecular formula is C16H15N5O. The minimum atomic E-state index is 0.0412. The van der Waals surface area contributed by atoms with Gasteiger partial charge in [-0.15, -0.1) is 0 Å². The van der Waals surface area contributed by atoms with Crippen LogP contribution in [0.4, 0.5) is 5.82 Å². The molecule has 1 aromatic carbocycles. The Morgan fingerprint density at radius 2 is 2.05 bits per heavy atom. The lowest BCUT2D eigenvalue weighted by molar-refractivity contribution is 0.400. The monoisotopic (exact) mass is 293 g/mol. The van der Waals surface area contributed by atoms with Gasteiger partial charge in [-0.1, -0.05) is 30.3 Å². The molecule has 3 aliphatic rings. The van der Waals surface area contributed by atoms with E-state index in [4.69, 9.17) is 0 Å². The number of benzene rings is 1. The predicted octanol–water partition coefficient (Wildman–Crippen LogP) is 2.61. The fourth-order valence-corrected chi connectivity index (χ4v) is 2.77. The third-order valence-corrected chi connectivity index (χ3v) is 3.81. The minimum absolute atomic E-state index is 0.0412. The van der Waals surface area contributed by atoms with Crippen LogP contribution >= 0.6 is 0 Å². The number of anilines is 1. The largest absolute Gasteiger partial charge is 0.493 e. The number of rotatable bonds is 2. The van der Waals surface area contributed by atoms with Gasteiger partial charge < -0.3 is 10.4 Å². The molecule has 0 aliphatic carbocycles. The van der Waals surface area contributed by atoms with E-state index in [1.54, 1.807) is 11.0 Å². The number of hydrogen-bond acceptors (Lipinski definition) is 5. The second-order valence-corrected chi connectivity index (χ2v) is 5.29. The van der Waals surface area contributed by atoms with Gasteiger partial charge in [0.05, 0.1) is 11.8 Å². The first-order valence-electron chi connectivity index (χ1n) is 7.05. The lowest BCUT2D eigenvalue weighted by Crippen LogP contribution is -2.24. The zero-order valence-corrected chi connectivity index (χ0v) is 12.0. The van der Waals surface area contributed by atoms with E-state index in [0.717, 1.165) is 29.1 Å². The Bertz CT molecular complexity index is 837. The van der Waals surface area contributed by atoms with Gasteiger partial charge in [0.15, 0.2) is 5.82 Å². The number of aryl methyl sites for hydroxylation is 1. The van der Waals surface area contributed by atoms with Crippen molar-refractivity contribution < 1.29 is 5.11 Å². The molecule has 4 rings (SSSR count). The minimum Gasteiger partial charge on any atom is -0.493 e. The normalized spacial score (nSPS) is 13.2. The zero-order valence-electron chi connectivity index (χ0n) is 12.0. The van der Waals surface area contributed by atoms with E-state index in [-0.39, 0.29) is 5.88 Å². The average Bonchev–Trinajstić information content (AvgIpc) is 2.84. The lowest BCUT2D eigenvalue weighted by atomic mass is 10.0. The maximum absolute atomic E-state index is 9.56. The Balaban J connectivity index is 1.86. The Labute approximate surface area is 127 Å². The first-order chi connectivity index (χ1) is 10.7. The van der Waals surface area contributed by atoms with Gasteiger partial charge in [-0.2, -0.15) is 0 Å². The highest BCUT2D eigenvalue weighted by atomic mass is 16.3. The summed E-state index contributed by atoms with van der Waals surface area (Å²) < 4.78 is 1.66. The fraction of sp³-hybridized carbons (Fsp3) is 0.125. The zero-order chi connectivity index (χ0) is 15.1. The van der Waals surface area contributed by atoms with Crippen molar-refractivity contribution in [2.75, 3.05) is 10.7 Å². The van der Waals surface area contributed by atoms with E-state index in [9.17, 15) is 5.11 Å². The first kappa shape index (κ1) is 12.7. The van der Waals surface area contributed by atoms with E-state index in [1.807, 2.05) is 25.1 Å². The highest BCUT2D eigenvalue weighted by Gasteiger charge is 2.24. The molecule has 0 atom stereocenters. The summed E-state index contributed by atoms with van der Waals surface area (Å²) in [6.07, 6.45) is 3.91. The second-order valence-electron chi connectivity index (χ2n) is 5.29. The number of aliphatic hydroxyl groups excluding tert-OH is 1.